The fourth-order valence-corrected chi connectivity index (χ4v) is 4.98. The van der Waals surface area contributed by atoms with E-state index in [-0.39, 0.29) is 28.3 Å². The average Bonchev–Trinajstić information content (AvgIpc) is 2.82. The van der Waals surface area contributed by atoms with E-state index in [0.717, 1.165) is 15.4 Å². The Balaban J connectivity index is 1.79. The van der Waals surface area contributed by atoms with Gasteiger partial charge in [-0.25, -0.2) is 8.42 Å². The maximum absolute atomic E-state index is 13.5. The van der Waals surface area contributed by atoms with Gasteiger partial charge in [0.05, 0.1) is 28.8 Å². The van der Waals surface area contributed by atoms with E-state index in [4.69, 9.17) is 21.1 Å². The molecular weight excluding hydrogens is 488 g/mol. The number of ether oxygens (including phenoxy) is 2. The molecule has 0 radical (unpaired) electrons. The van der Waals surface area contributed by atoms with Gasteiger partial charge in [0.2, 0.25) is 5.91 Å². The third kappa shape index (κ3) is 6.90. The zero-order valence-corrected chi connectivity index (χ0v) is 21.7. The number of hydrogen-bond donors (Lipinski definition) is 1. The largest absolute Gasteiger partial charge is 0.495 e. The Kier molecular flexibility index (Phi) is 8.64. The third-order valence-corrected chi connectivity index (χ3v) is 7.33. The van der Waals surface area contributed by atoms with Crippen molar-refractivity contribution in [1.82, 2.24) is 5.32 Å². The minimum Gasteiger partial charge on any atom is -0.495 e. The molecule has 0 aliphatic rings. The summed E-state index contributed by atoms with van der Waals surface area (Å²) in [6, 6.07) is 18.2. The van der Waals surface area contributed by atoms with Crippen molar-refractivity contribution in [3.8, 4) is 11.5 Å². The summed E-state index contributed by atoms with van der Waals surface area (Å²) in [4.78, 5) is 13.0. The number of benzene rings is 3. The standard InChI is InChI=1S/C26H29ClN2O5S/c1-18-5-10-22(11-6-18)34-17-20(3)28-26(30)16-29(21-9-14-25(33-4)24(27)15-21)35(31,32)23-12-7-19(2)8-13-23/h5-15,20H,16-17H2,1-4H3,(H,28,30). The highest BCUT2D eigenvalue weighted by Gasteiger charge is 2.28. The van der Waals surface area contributed by atoms with Gasteiger partial charge in [0.15, 0.2) is 0 Å². The molecule has 3 aromatic carbocycles. The molecule has 186 valence electrons. The number of hydrogen-bond acceptors (Lipinski definition) is 5. The topological polar surface area (TPSA) is 84.9 Å². The van der Waals surface area contributed by atoms with Crippen LogP contribution < -0.4 is 19.1 Å². The van der Waals surface area contributed by atoms with Gasteiger partial charge < -0.3 is 14.8 Å². The van der Waals surface area contributed by atoms with Crippen LogP contribution in [-0.2, 0) is 14.8 Å². The Labute approximate surface area is 211 Å². The second-order valence-corrected chi connectivity index (χ2v) is 10.5. The SMILES string of the molecule is COc1ccc(N(CC(=O)NC(C)COc2ccc(C)cc2)S(=O)(=O)c2ccc(C)cc2)cc1Cl. The number of carbonyl (C=O) groups excluding carboxylic acids is 1. The molecule has 0 saturated carbocycles. The second kappa shape index (κ2) is 11.5. The summed E-state index contributed by atoms with van der Waals surface area (Å²) < 4.78 is 39.0. The van der Waals surface area contributed by atoms with Gasteiger partial charge in [-0.15, -0.1) is 0 Å². The molecule has 1 atom stereocenters. The van der Waals surface area contributed by atoms with Crippen molar-refractivity contribution >= 4 is 33.2 Å². The zero-order chi connectivity index (χ0) is 25.6. The highest BCUT2D eigenvalue weighted by molar-refractivity contribution is 7.92. The van der Waals surface area contributed by atoms with Gasteiger partial charge in [0.25, 0.3) is 10.0 Å². The van der Waals surface area contributed by atoms with Crippen LogP contribution in [0.25, 0.3) is 0 Å². The van der Waals surface area contributed by atoms with E-state index >= 15 is 0 Å². The Morgan fingerprint density at radius 3 is 2.17 bits per heavy atom. The van der Waals surface area contributed by atoms with Gasteiger partial charge in [0.1, 0.15) is 24.7 Å². The van der Waals surface area contributed by atoms with Crippen molar-refractivity contribution in [1.29, 1.82) is 0 Å². The lowest BCUT2D eigenvalue weighted by Crippen LogP contribution is -2.45. The quantitative estimate of drug-likeness (QED) is 0.420. The minimum atomic E-state index is -4.06. The molecule has 1 unspecified atom stereocenters. The minimum absolute atomic E-state index is 0.0681. The van der Waals surface area contributed by atoms with Gasteiger partial charge in [-0.05, 0) is 63.2 Å². The summed E-state index contributed by atoms with van der Waals surface area (Å²) in [6.07, 6.45) is 0. The average molecular weight is 517 g/mol. The van der Waals surface area contributed by atoms with E-state index in [9.17, 15) is 13.2 Å². The number of nitrogens with one attached hydrogen (secondary N) is 1. The predicted octanol–water partition coefficient (Wildman–Crippen LogP) is 4.74. The normalized spacial score (nSPS) is 12.0. The van der Waals surface area contributed by atoms with E-state index in [1.165, 1.54) is 25.3 Å². The molecule has 1 N–H and O–H groups in total. The maximum Gasteiger partial charge on any atom is 0.264 e. The summed E-state index contributed by atoms with van der Waals surface area (Å²) in [5.74, 6) is 0.607. The van der Waals surface area contributed by atoms with Gasteiger partial charge in [0, 0.05) is 0 Å². The van der Waals surface area contributed by atoms with E-state index in [1.54, 1.807) is 31.2 Å². The first kappa shape index (κ1) is 26.4. The Bertz CT molecular complexity index is 1260. The monoisotopic (exact) mass is 516 g/mol. The predicted molar refractivity (Wildman–Crippen MR) is 138 cm³/mol. The van der Waals surface area contributed by atoms with Crippen molar-refractivity contribution in [3.63, 3.8) is 0 Å². The van der Waals surface area contributed by atoms with Crippen molar-refractivity contribution in [2.75, 3.05) is 24.6 Å². The lowest BCUT2D eigenvalue weighted by molar-refractivity contribution is -0.120. The fraction of sp³-hybridized carbons (Fsp3) is 0.269. The summed E-state index contributed by atoms with van der Waals surface area (Å²) in [6.45, 7) is 5.43. The first-order valence-corrected chi connectivity index (χ1v) is 12.8. The number of aryl methyl sites for hydroxylation is 2. The zero-order valence-electron chi connectivity index (χ0n) is 20.1. The number of halogens is 1. The van der Waals surface area contributed by atoms with Crippen LogP contribution in [0.3, 0.4) is 0 Å². The smallest absolute Gasteiger partial charge is 0.264 e. The number of sulfonamides is 1. The van der Waals surface area contributed by atoms with Crippen LogP contribution in [0.1, 0.15) is 18.1 Å². The highest BCUT2D eigenvalue weighted by atomic mass is 35.5. The van der Waals surface area contributed by atoms with Crippen LogP contribution in [0.2, 0.25) is 5.02 Å². The molecule has 0 fully saturated rings. The van der Waals surface area contributed by atoms with E-state index in [1.807, 2.05) is 38.1 Å². The number of nitrogens with zero attached hydrogens (tertiary/aromatic N) is 1. The lowest BCUT2D eigenvalue weighted by atomic mass is 10.2. The molecule has 3 aromatic rings. The Morgan fingerprint density at radius 1 is 1.00 bits per heavy atom. The third-order valence-electron chi connectivity index (χ3n) is 5.25. The molecule has 7 nitrogen and oxygen atoms in total. The van der Waals surface area contributed by atoms with Gasteiger partial charge in [-0.1, -0.05) is 47.0 Å². The first-order valence-electron chi connectivity index (χ1n) is 11.0. The van der Waals surface area contributed by atoms with Crippen LogP contribution in [0.5, 0.6) is 11.5 Å². The summed E-state index contributed by atoms with van der Waals surface area (Å²) in [5.41, 5.74) is 2.28. The number of methoxy groups -OCH3 is 1. The lowest BCUT2D eigenvalue weighted by Gasteiger charge is -2.25. The Hall–Kier alpha value is -3.23. The summed E-state index contributed by atoms with van der Waals surface area (Å²) >= 11 is 6.26. The number of carbonyl (C=O) groups is 1. The van der Waals surface area contributed by atoms with Crippen LogP contribution in [0, 0.1) is 13.8 Å². The van der Waals surface area contributed by atoms with Crippen molar-refractivity contribution in [2.24, 2.45) is 0 Å². The van der Waals surface area contributed by atoms with Gasteiger partial charge >= 0.3 is 0 Å². The number of anilines is 1. The molecule has 0 heterocycles. The van der Waals surface area contributed by atoms with Crippen LogP contribution in [0.4, 0.5) is 5.69 Å². The van der Waals surface area contributed by atoms with E-state index < -0.39 is 22.5 Å². The highest BCUT2D eigenvalue weighted by Crippen LogP contribution is 2.32. The number of rotatable bonds is 10. The van der Waals surface area contributed by atoms with Crippen LogP contribution in [0.15, 0.2) is 71.6 Å². The summed E-state index contributed by atoms with van der Waals surface area (Å²) in [5, 5.41) is 3.03. The van der Waals surface area contributed by atoms with E-state index in [0.29, 0.717) is 11.5 Å². The second-order valence-electron chi connectivity index (χ2n) is 8.24. The molecule has 0 saturated heterocycles. The fourth-order valence-electron chi connectivity index (χ4n) is 3.31. The molecule has 0 aliphatic heterocycles. The molecule has 0 aromatic heterocycles. The number of amides is 1. The molecule has 35 heavy (non-hydrogen) atoms. The molecule has 1 amide bonds. The van der Waals surface area contributed by atoms with E-state index in [2.05, 4.69) is 5.32 Å². The molecule has 0 spiro atoms. The van der Waals surface area contributed by atoms with Crippen molar-refractivity contribution < 1.29 is 22.7 Å². The Morgan fingerprint density at radius 2 is 1.60 bits per heavy atom. The van der Waals surface area contributed by atoms with Crippen molar-refractivity contribution in [3.05, 3.63) is 82.9 Å². The van der Waals surface area contributed by atoms with Gasteiger partial charge in [-0.2, -0.15) is 0 Å². The van der Waals surface area contributed by atoms with Crippen LogP contribution >= 0.6 is 11.6 Å². The molecular formula is C26H29ClN2O5S. The first-order chi connectivity index (χ1) is 16.6. The maximum atomic E-state index is 13.5. The molecule has 3 rings (SSSR count). The van der Waals surface area contributed by atoms with Crippen molar-refractivity contribution in [2.45, 2.75) is 31.7 Å². The molecule has 0 bridgehead atoms. The van der Waals surface area contributed by atoms with Gasteiger partial charge in [-0.3, -0.25) is 9.10 Å². The van der Waals surface area contributed by atoms with Crippen LogP contribution in [-0.4, -0.2) is 40.6 Å². The molecule has 9 heteroatoms. The molecule has 0 aliphatic carbocycles. The summed E-state index contributed by atoms with van der Waals surface area (Å²) in [7, 11) is -2.59.